The van der Waals surface area contributed by atoms with E-state index in [0.717, 1.165) is 16.9 Å². The van der Waals surface area contributed by atoms with Crippen LogP contribution in [-0.2, 0) is 16.1 Å². The lowest BCUT2D eigenvalue weighted by Gasteiger charge is -2.13. The molecule has 0 unspecified atom stereocenters. The van der Waals surface area contributed by atoms with Crippen LogP contribution in [0.3, 0.4) is 0 Å². The number of nitrogens with zero attached hydrogens (tertiary/aromatic N) is 1. The summed E-state index contributed by atoms with van der Waals surface area (Å²) in [5, 5.41) is 3.11. The van der Waals surface area contributed by atoms with Crippen molar-refractivity contribution in [1.82, 2.24) is 15.3 Å². The fourth-order valence-corrected chi connectivity index (χ4v) is 3.75. The minimum atomic E-state index is -0.959. The summed E-state index contributed by atoms with van der Waals surface area (Å²) in [6.45, 7) is 5.20. The van der Waals surface area contributed by atoms with Gasteiger partial charge >= 0.3 is 5.97 Å². The van der Waals surface area contributed by atoms with Gasteiger partial charge in [0, 0.05) is 6.54 Å². The van der Waals surface area contributed by atoms with Gasteiger partial charge in [0.2, 0.25) is 0 Å². The van der Waals surface area contributed by atoms with Gasteiger partial charge in [-0.1, -0.05) is 30.3 Å². The first-order chi connectivity index (χ1) is 12.9. The van der Waals surface area contributed by atoms with Gasteiger partial charge in [-0.25, -0.2) is 9.78 Å². The van der Waals surface area contributed by atoms with Crippen molar-refractivity contribution >= 4 is 33.4 Å². The first-order valence-electron chi connectivity index (χ1n) is 8.39. The first-order valence-corrected chi connectivity index (χ1v) is 9.21. The zero-order valence-electron chi connectivity index (χ0n) is 15.2. The van der Waals surface area contributed by atoms with E-state index in [1.165, 1.54) is 6.92 Å². The van der Waals surface area contributed by atoms with Crippen LogP contribution in [0.4, 0.5) is 0 Å². The highest BCUT2D eigenvalue weighted by atomic mass is 32.1. The second kappa shape index (κ2) is 7.71. The summed E-state index contributed by atoms with van der Waals surface area (Å²) >= 11 is 1.09. The van der Waals surface area contributed by atoms with E-state index in [2.05, 4.69) is 15.3 Å². The Labute approximate surface area is 159 Å². The quantitative estimate of drug-likeness (QED) is 0.657. The molecule has 1 amide bonds. The number of carbonyl (C=O) groups excluding carboxylic acids is 2. The molecule has 7 nitrogen and oxygen atoms in total. The molecule has 2 N–H and O–H groups in total. The third kappa shape index (κ3) is 4.06. The number of carbonyl (C=O) groups is 2. The lowest BCUT2D eigenvalue weighted by molar-refractivity contribution is -0.129. The van der Waals surface area contributed by atoms with Crippen molar-refractivity contribution in [3.63, 3.8) is 0 Å². The highest BCUT2D eigenvalue weighted by molar-refractivity contribution is 7.20. The summed E-state index contributed by atoms with van der Waals surface area (Å²) in [7, 11) is 0. The molecule has 0 aliphatic rings. The SMILES string of the molecule is Cc1nc2sc(C(=O)O[C@@H](C)C(=O)NCc3ccccc3)c(C)c2c(=O)[nH]1. The number of hydrogen-bond donors (Lipinski definition) is 2. The number of aromatic nitrogens is 2. The van der Waals surface area contributed by atoms with Gasteiger partial charge in [0.05, 0.1) is 5.39 Å². The molecular weight excluding hydrogens is 366 g/mol. The Balaban J connectivity index is 1.70. The standard InChI is InChI=1S/C19H19N3O4S/c1-10-14-17(24)21-12(3)22-18(14)27-15(10)19(25)26-11(2)16(23)20-9-13-7-5-4-6-8-13/h4-8,11H,9H2,1-3H3,(H,20,23)(H,21,22,24)/t11-/m0/s1. The van der Waals surface area contributed by atoms with E-state index >= 15 is 0 Å². The first kappa shape index (κ1) is 18.8. The van der Waals surface area contributed by atoms with E-state index in [0.29, 0.717) is 28.1 Å². The van der Waals surface area contributed by atoms with E-state index in [-0.39, 0.29) is 10.4 Å². The average molecular weight is 385 g/mol. The second-order valence-electron chi connectivity index (χ2n) is 6.14. The molecule has 0 aliphatic heterocycles. The third-order valence-electron chi connectivity index (χ3n) is 4.07. The number of thiophene rings is 1. The number of rotatable bonds is 5. The van der Waals surface area contributed by atoms with Gasteiger partial charge in [-0.3, -0.25) is 9.59 Å². The summed E-state index contributed by atoms with van der Waals surface area (Å²) in [6, 6.07) is 9.44. The number of nitrogens with one attached hydrogen (secondary N) is 2. The molecule has 1 aromatic carbocycles. The Morgan fingerprint density at radius 1 is 1.26 bits per heavy atom. The molecule has 0 radical (unpaired) electrons. The van der Waals surface area contributed by atoms with Crippen LogP contribution in [0, 0.1) is 13.8 Å². The number of esters is 1. The molecule has 0 bridgehead atoms. The fraction of sp³-hybridized carbons (Fsp3) is 0.263. The third-order valence-corrected chi connectivity index (χ3v) is 5.23. The number of aromatic amines is 1. The number of benzene rings is 1. The number of fused-ring (bicyclic) bond motifs is 1. The molecule has 27 heavy (non-hydrogen) atoms. The Morgan fingerprint density at radius 2 is 1.96 bits per heavy atom. The van der Waals surface area contributed by atoms with Gasteiger partial charge in [-0.05, 0) is 31.9 Å². The molecule has 0 saturated carbocycles. The zero-order chi connectivity index (χ0) is 19.6. The van der Waals surface area contributed by atoms with Crippen molar-refractivity contribution in [2.24, 2.45) is 0 Å². The van der Waals surface area contributed by atoms with Crippen LogP contribution in [0.1, 0.15) is 33.5 Å². The molecular formula is C19H19N3O4S. The molecule has 0 saturated heterocycles. The van der Waals surface area contributed by atoms with E-state index in [1.807, 2.05) is 30.3 Å². The van der Waals surface area contributed by atoms with Crippen molar-refractivity contribution in [3.05, 3.63) is 62.5 Å². The predicted molar refractivity (Wildman–Crippen MR) is 103 cm³/mol. The molecule has 0 fully saturated rings. The van der Waals surface area contributed by atoms with Gasteiger partial charge in [-0.2, -0.15) is 0 Å². The van der Waals surface area contributed by atoms with Crippen molar-refractivity contribution in [2.45, 2.75) is 33.4 Å². The number of amides is 1. The minimum Gasteiger partial charge on any atom is -0.448 e. The monoisotopic (exact) mass is 385 g/mol. The summed E-state index contributed by atoms with van der Waals surface area (Å²) in [5.74, 6) is -0.560. The van der Waals surface area contributed by atoms with E-state index in [4.69, 9.17) is 4.74 Å². The van der Waals surface area contributed by atoms with Crippen LogP contribution < -0.4 is 10.9 Å². The largest absolute Gasteiger partial charge is 0.448 e. The Kier molecular flexibility index (Phi) is 5.36. The molecule has 3 aromatic rings. The Morgan fingerprint density at radius 3 is 2.67 bits per heavy atom. The van der Waals surface area contributed by atoms with Gasteiger partial charge in [0.15, 0.2) is 6.10 Å². The fourth-order valence-electron chi connectivity index (χ4n) is 2.64. The lowest BCUT2D eigenvalue weighted by atomic mass is 10.2. The van der Waals surface area contributed by atoms with Crippen LogP contribution in [0.15, 0.2) is 35.1 Å². The number of ether oxygens (including phenoxy) is 1. The zero-order valence-corrected chi connectivity index (χ0v) is 16.0. The highest BCUT2D eigenvalue weighted by Crippen LogP contribution is 2.27. The molecule has 8 heteroatoms. The van der Waals surface area contributed by atoms with Crippen LogP contribution in [0.2, 0.25) is 0 Å². The summed E-state index contributed by atoms with van der Waals surface area (Å²) in [5.41, 5.74) is 1.16. The highest BCUT2D eigenvalue weighted by Gasteiger charge is 2.24. The van der Waals surface area contributed by atoms with Crippen molar-refractivity contribution in [3.8, 4) is 0 Å². The molecule has 0 aliphatic carbocycles. The summed E-state index contributed by atoms with van der Waals surface area (Å²) in [4.78, 5) is 44.4. The van der Waals surface area contributed by atoms with Crippen LogP contribution in [-0.4, -0.2) is 27.9 Å². The van der Waals surface area contributed by atoms with Crippen molar-refractivity contribution in [2.75, 3.05) is 0 Å². The molecule has 1 atom stereocenters. The maximum atomic E-state index is 12.5. The van der Waals surface area contributed by atoms with Crippen LogP contribution in [0.25, 0.3) is 10.2 Å². The molecule has 2 heterocycles. The summed E-state index contributed by atoms with van der Waals surface area (Å²) < 4.78 is 5.29. The molecule has 3 rings (SSSR count). The maximum absolute atomic E-state index is 12.5. The van der Waals surface area contributed by atoms with Crippen molar-refractivity contribution < 1.29 is 14.3 Å². The minimum absolute atomic E-state index is 0.274. The molecule has 2 aromatic heterocycles. The molecule has 0 spiro atoms. The Bertz CT molecular complexity index is 1060. The van der Waals surface area contributed by atoms with Crippen LogP contribution in [0.5, 0.6) is 0 Å². The van der Waals surface area contributed by atoms with Gasteiger partial charge in [-0.15, -0.1) is 11.3 Å². The number of aryl methyl sites for hydroxylation is 2. The van der Waals surface area contributed by atoms with E-state index in [1.54, 1.807) is 13.8 Å². The van der Waals surface area contributed by atoms with Gasteiger partial charge in [0.1, 0.15) is 15.5 Å². The van der Waals surface area contributed by atoms with Gasteiger partial charge in [0.25, 0.3) is 11.5 Å². The second-order valence-corrected chi connectivity index (χ2v) is 7.14. The number of H-pyrrole nitrogens is 1. The normalized spacial score (nSPS) is 12.0. The maximum Gasteiger partial charge on any atom is 0.349 e. The molecule has 140 valence electrons. The topological polar surface area (TPSA) is 101 Å². The smallest absolute Gasteiger partial charge is 0.349 e. The lowest BCUT2D eigenvalue weighted by Crippen LogP contribution is -2.35. The van der Waals surface area contributed by atoms with Gasteiger partial charge < -0.3 is 15.0 Å². The van der Waals surface area contributed by atoms with E-state index in [9.17, 15) is 14.4 Å². The van der Waals surface area contributed by atoms with Crippen molar-refractivity contribution in [1.29, 1.82) is 0 Å². The number of hydrogen-bond acceptors (Lipinski definition) is 6. The average Bonchev–Trinajstić information content (AvgIpc) is 2.97. The predicted octanol–water partition coefficient (Wildman–Crippen LogP) is 2.46. The van der Waals surface area contributed by atoms with E-state index < -0.39 is 18.0 Å². The van der Waals surface area contributed by atoms with Crippen LogP contribution >= 0.6 is 11.3 Å². The summed E-state index contributed by atoms with van der Waals surface area (Å²) in [6.07, 6.45) is -0.959. The Hall–Kier alpha value is -3.00.